The third-order valence-electron chi connectivity index (χ3n) is 5.07. The van der Waals surface area contributed by atoms with Gasteiger partial charge in [-0.1, -0.05) is 11.6 Å². The molecule has 1 saturated heterocycles. The van der Waals surface area contributed by atoms with Crippen LogP contribution in [0.5, 0.6) is 0 Å². The van der Waals surface area contributed by atoms with Crippen LogP contribution in [0.3, 0.4) is 0 Å². The minimum atomic E-state index is -0.608. The quantitative estimate of drug-likeness (QED) is 0.367. The number of hydrogen-bond acceptors (Lipinski definition) is 8. The maximum Gasteiger partial charge on any atom is 0.410 e. The number of aromatic nitrogens is 2. The molecule has 12 heteroatoms. The maximum atomic E-state index is 15.1. The monoisotopic (exact) mass is 587 g/mol. The first-order chi connectivity index (χ1) is 16.6. The van der Waals surface area contributed by atoms with Crippen LogP contribution in [0.25, 0.3) is 10.9 Å². The number of amides is 1. The molecule has 1 amide bonds. The van der Waals surface area contributed by atoms with E-state index in [2.05, 4.69) is 31.2 Å². The van der Waals surface area contributed by atoms with Gasteiger partial charge in [0.25, 0.3) is 0 Å². The molecule has 0 aliphatic carbocycles. The molecule has 1 aromatic carbocycles. The molecule has 3 rings (SSSR count). The van der Waals surface area contributed by atoms with Crippen LogP contribution in [-0.2, 0) is 14.3 Å². The number of rotatable bonds is 5. The summed E-state index contributed by atoms with van der Waals surface area (Å²) in [6.45, 7) is 12.8. The van der Waals surface area contributed by atoms with E-state index in [4.69, 9.17) is 21.1 Å². The average molecular weight is 589 g/mol. The van der Waals surface area contributed by atoms with Crippen molar-refractivity contribution in [1.82, 2.24) is 14.9 Å². The van der Waals surface area contributed by atoms with Crippen molar-refractivity contribution in [3.63, 3.8) is 0 Å². The summed E-state index contributed by atoms with van der Waals surface area (Å²) in [5, 5.41) is 3.64. The number of halogens is 3. The summed E-state index contributed by atoms with van der Waals surface area (Å²) in [6.07, 6.45) is -0.285. The lowest BCUT2D eigenvalue weighted by Crippen LogP contribution is -2.50. The number of fused-ring (bicyclic) bond motifs is 1. The van der Waals surface area contributed by atoms with Gasteiger partial charge in [0.2, 0.25) is 5.95 Å². The Hall–Kier alpha value is -2.40. The van der Waals surface area contributed by atoms with Gasteiger partial charge in [-0.05, 0) is 63.5 Å². The van der Waals surface area contributed by atoms with E-state index in [0.29, 0.717) is 37.4 Å². The largest absolute Gasteiger partial charge is 0.460 e. The zero-order valence-electron chi connectivity index (χ0n) is 21.4. The van der Waals surface area contributed by atoms with Gasteiger partial charge >= 0.3 is 12.1 Å². The molecule has 2 heterocycles. The average Bonchev–Trinajstić information content (AvgIpc) is 2.75. The van der Waals surface area contributed by atoms with Crippen LogP contribution in [0.2, 0.25) is 5.02 Å². The number of esters is 1. The fourth-order valence-corrected chi connectivity index (χ4v) is 4.07. The number of nitrogens with one attached hydrogen (secondary N) is 1. The van der Waals surface area contributed by atoms with Gasteiger partial charge < -0.3 is 24.6 Å². The van der Waals surface area contributed by atoms with Gasteiger partial charge in [-0.25, -0.2) is 14.2 Å². The fourth-order valence-electron chi connectivity index (χ4n) is 3.57. The predicted molar refractivity (Wildman–Crippen MR) is 141 cm³/mol. The Bertz CT molecular complexity index is 1140. The third-order valence-corrected chi connectivity index (χ3v) is 6.37. The number of hydrogen-bond donors (Lipinski definition) is 1. The van der Waals surface area contributed by atoms with Crippen LogP contribution in [0, 0.1) is 5.82 Å². The zero-order valence-corrected chi connectivity index (χ0v) is 23.7. The molecule has 1 aliphatic rings. The first kappa shape index (κ1) is 28.2. The van der Waals surface area contributed by atoms with Crippen molar-refractivity contribution in [2.75, 3.05) is 42.9 Å². The highest BCUT2D eigenvalue weighted by Crippen LogP contribution is 2.36. The molecule has 0 unspecified atom stereocenters. The first-order valence-electron chi connectivity index (χ1n) is 11.7. The van der Waals surface area contributed by atoms with Crippen molar-refractivity contribution in [3.05, 3.63) is 21.4 Å². The van der Waals surface area contributed by atoms with Gasteiger partial charge in [0.1, 0.15) is 22.5 Å². The van der Waals surface area contributed by atoms with Crippen molar-refractivity contribution in [1.29, 1.82) is 0 Å². The number of carbonyl (C=O) groups excluding carboxylic acids is 2. The third kappa shape index (κ3) is 7.32. The van der Waals surface area contributed by atoms with Gasteiger partial charge in [-0.3, -0.25) is 4.79 Å². The van der Waals surface area contributed by atoms with Gasteiger partial charge in [0, 0.05) is 38.1 Å². The van der Waals surface area contributed by atoms with Crippen LogP contribution in [0.1, 0.15) is 48.0 Å². The Labute approximate surface area is 223 Å². The Morgan fingerprint density at radius 2 is 1.69 bits per heavy atom. The highest BCUT2D eigenvalue weighted by atomic mass is 79.9. The standard InChI is InChI=1S/C24H32BrClFN5O4/c1-23(2,3)35-16(33)7-8-28-21-29-19-14(13-15(26)17(25)18(19)27)20(30-21)31-9-11-32(12-10-31)22(34)36-24(4,5)6/h13H,7-12H2,1-6H3,(H,28,29,30). The van der Waals surface area contributed by atoms with Crippen LogP contribution in [0.4, 0.5) is 21.0 Å². The molecule has 198 valence electrons. The molecule has 0 saturated carbocycles. The lowest BCUT2D eigenvalue weighted by molar-refractivity contribution is -0.154. The molecule has 0 spiro atoms. The highest BCUT2D eigenvalue weighted by Gasteiger charge is 2.28. The Morgan fingerprint density at radius 3 is 2.28 bits per heavy atom. The summed E-state index contributed by atoms with van der Waals surface area (Å²) in [6, 6.07) is 1.62. The summed E-state index contributed by atoms with van der Waals surface area (Å²) < 4.78 is 26.0. The highest BCUT2D eigenvalue weighted by molar-refractivity contribution is 9.10. The Balaban J connectivity index is 1.83. The molecule has 1 aromatic heterocycles. The smallest absolute Gasteiger partial charge is 0.410 e. The lowest BCUT2D eigenvalue weighted by atomic mass is 10.2. The second-order valence-electron chi connectivity index (χ2n) is 10.5. The van der Waals surface area contributed by atoms with E-state index in [1.807, 2.05) is 25.7 Å². The SMILES string of the molecule is CC(C)(C)OC(=O)CCNc1nc(N2CCN(C(=O)OC(C)(C)C)CC2)c2cc(Cl)c(Br)c(F)c2n1. The molecule has 2 aromatic rings. The van der Waals surface area contributed by atoms with Crippen LogP contribution in [0.15, 0.2) is 10.5 Å². The molecule has 1 fully saturated rings. The van der Waals surface area contributed by atoms with Crippen molar-refractivity contribution in [3.8, 4) is 0 Å². The topological polar surface area (TPSA) is 96.9 Å². The molecule has 36 heavy (non-hydrogen) atoms. The number of nitrogens with zero attached hydrogens (tertiary/aromatic N) is 4. The fraction of sp³-hybridized carbons (Fsp3) is 0.583. The van der Waals surface area contributed by atoms with Crippen LogP contribution < -0.4 is 10.2 Å². The normalized spacial score (nSPS) is 14.7. The van der Waals surface area contributed by atoms with E-state index in [-0.39, 0.29) is 46.0 Å². The van der Waals surface area contributed by atoms with Crippen LogP contribution >= 0.6 is 27.5 Å². The van der Waals surface area contributed by atoms with Gasteiger partial charge in [-0.15, -0.1) is 0 Å². The molecular weight excluding hydrogens is 557 g/mol. The van der Waals surface area contributed by atoms with E-state index in [1.54, 1.807) is 31.7 Å². The van der Waals surface area contributed by atoms with Crippen molar-refractivity contribution in [2.24, 2.45) is 0 Å². The number of anilines is 2. The number of ether oxygens (including phenoxy) is 2. The van der Waals surface area contributed by atoms with Crippen molar-refractivity contribution in [2.45, 2.75) is 59.2 Å². The Morgan fingerprint density at radius 1 is 1.08 bits per heavy atom. The molecule has 0 atom stereocenters. The maximum absolute atomic E-state index is 15.1. The summed E-state index contributed by atoms with van der Waals surface area (Å²) in [5.41, 5.74) is -1.08. The van der Waals surface area contributed by atoms with Crippen molar-refractivity contribution < 1.29 is 23.5 Å². The summed E-state index contributed by atoms with van der Waals surface area (Å²) in [4.78, 5) is 37.0. The summed E-state index contributed by atoms with van der Waals surface area (Å²) in [7, 11) is 0. The van der Waals surface area contributed by atoms with Crippen molar-refractivity contribution >= 4 is 62.3 Å². The van der Waals surface area contributed by atoms with E-state index in [0.717, 1.165) is 0 Å². The van der Waals surface area contributed by atoms with E-state index in [9.17, 15) is 9.59 Å². The lowest BCUT2D eigenvalue weighted by Gasteiger charge is -2.36. The second kappa shape index (κ2) is 10.9. The molecule has 1 aliphatic heterocycles. The van der Waals surface area contributed by atoms with E-state index < -0.39 is 17.0 Å². The van der Waals surface area contributed by atoms with Gasteiger partial charge in [0.05, 0.1) is 15.9 Å². The molecular formula is C24H32BrClFN5O4. The van der Waals surface area contributed by atoms with Gasteiger partial charge in [0.15, 0.2) is 5.82 Å². The minimum absolute atomic E-state index is 0.0885. The predicted octanol–water partition coefficient (Wildman–Crippen LogP) is 5.39. The number of benzene rings is 1. The van der Waals surface area contributed by atoms with Crippen LogP contribution in [-0.4, -0.2) is 70.9 Å². The minimum Gasteiger partial charge on any atom is -0.460 e. The van der Waals surface area contributed by atoms with E-state index >= 15 is 4.39 Å². The second-order valence-corrected chi connectivity index (χ2v) is 11.7. The molecule has 0 bridgehead atoms. The van der Waals surface area contributed by atoms with E-state index in [1.165, 1.54) is 0 Å². The molecule has 0 radical (unpaired) electrons. The zero-order chi connectivity index (χ0) is 26.8. The summed E-state index contributed by atoms with van der Waals surface area (Å²) >= 11 is 9.42. The molecule has 1 N–H and O–H groups in total. The Kier molecular flexibility index (Phi) is 8.55. The first-order valence-corrected chi connectivity index (χ1v) is 12.9. The number of carbonyl (C=O) groups is 2. The molecule has 9 nitrogen and oxygen atoms in total. The number of piperazine rings is 1. The van der Waals surface area contributed by atoms with Gasteiger partial charge in [-0.2, -0.15) is 4.98 Å². The summed E-state index contributed by atoms with van der Waals surface area (Å²) in [5.74, 6) is -0.320.